The second kappa shape index (κ2) is 9.99. The molecule has 2 aliphatic rings. The van der Waals surface area contributed by atoms with E-state index in [0.717, 1.165) is 37.2 Å². The number of hydrogen-bond donors (Lipinski definition) is 2. The van der Waals surface area contributed by atoms with Crippen molar-refractivity contribution in [3.05, 3.63) is 17.5 Å². The molecule has 2 amide bonds. The number of ether oxygens (including phenoxy) is 2. The van der Waals surface area contributed by atoms with Crippen LogP contribution in [-0.2, 0) is 26.2 Å². The van der Waals surface area contributed by atoms with Crippen molar-refractivity contribution in [1.82, 2.24) is 25.3 Å². The van der Waals surface area contributed by atoms with E-state index in [1.807, 2.05) is 9.58 Å². The SMILES string of the molecule is COC(=O)NCCCn1nc([C@@H](C)N(C(=O)[C@H]2CNCCO2)C2CC2)cc1C(C)(C)C. The molecule has 0 spiro atoms. The first-order chi connectivity index (χ1) is 14.7. The van der Waals surface area contributed by atoms with Crippen molar-refractivity contribution < 1.29 is 19.1 Å². The summed E-state index contributed by atoms with van der Waals surface area (Å²) in [4.78, 5) is 26.5. The van der Waals surface area contributed by atoms with Gasteiger partial charge in [0.05, 0.1) is 25.5 Å². The Morgan fingerprint density at radius 2 is 2.16 bits per heavy atom. The first kappa shape index (κ1) is 23.5. The lowest BCUT2D eigenvalue weighted by Crippen LogP contribution is -2.50. The first-order valence-electron chi connectivity index (χ1n) is 11.3. The Kier molecular flexibility index (Phi) is 7.59. The minimum Gasteiger partial charge on any atom is -0.453 e. The van der Waals surface area contributed by atoms with Crippen molar-refractivity contribution in [1.29, 1.82) is 0 Å². The average Bonchev–Trinajstić information content (AvgIpc) is 3.47. The maximum Gasteiger partial charge on any atom is 0.406 e. The predicted molar refractivity (Wildman–Crippen MR) is 117 cm³/mol. The van der Waals surface area contributed by atoms with E-state index in [0.29, 0.717) is 26.2 Å². The summed E-state index contributed by atoms with van der Waals surface area (Å²) < 4.78 is 12.4. The fourth-order valence-electron chi connectivity index (χ4n) is 3.98. The van der Waals surface area contributed by atoms with E-state index >= 15 is 0 Å². The van der Waals surface area contributed by atoms with Crippen LogP contribution in [0.1, 0.15) is 64.4 Å². The largest absolute Gasteiger partial charge is 0.453 e. The first-order valence-corrected chi connectivity index (χ1v) is 11.3. The number of aryl methyl sites for hydroxylation is 1. The molecule has 1 aromatic heterocycles. The van der Waals surface area contributed by atoms with Gasteiger partial charge < -0.3 is 25.0 Å². The van der Waals surface area contributed by atoms with Crippen molar-refractivity contribution in [3.8, 4) is 0 Å². The van der Waals surface area contributed by atoms with Crippen molar-refractivity contribution in [2.45, 2.75) is 77.1 Å². The summed E-state index contributed by atoms with van der Waals surface area (Å²) in [6, 6.07) is 2.27. The zero-order valence-electron chi connectivity index (χ0n) is 19.4. The van der Waals surface area contributed by atoms with Crippen LogP contribution in [0.25, 0.3) is 0 Å². The molecule has 3 rings (SSSR count). The molecular formula is C22H37N5O4. The summed E-state index contributed by atoms with van der Waals surface area (Å²) in [5.41, 5.74) is 1.92. The minimum absolute atomic E-state index is 0.0522. The van der Waals surface area contributed by atoms with Gasteiger partial charge in [-0.3, -0.25) is 9.48 Å². The zero-order chi connectivity index (χ0) is 22.6. The fourth-order valence-corrected chi connectivity index (χ4v) is 3.98. The van der Waals surface area contributed by atoms with Gasteiger partial charge in [-0.1, -0.05) is 20.8 Å². The van der Waals surface area contributed by atoms with E-state index in [1.165, 1.54) is 7.11 Å². The van der Waals surface area contributed by atoms with E-state index in [-0.39, 0.29) is 23.4 Å². The molecule has 2 fully saturated rings. The molecule has 2 N–H and O–H groups in total. The standard InChI is InChI=1S/C22H37N5O4/c1-15(27(16-7-8-16)20(28)18-14-23-10-12-31-18)17-13-19(22(2,3)4)26(25-17)11-6-9-24-21(29)30-5/h13,15-16,18,23H,6-12,14H2,1-5H3,(H,24,29)/t15-,18-/m1/s1. The van der Waals surface area contributed by atoms with Crippen LogP contribution in [0.15, 0.2) is 6.07 Å². The van der Waals surface area contributed by atoms with Crippen LogP contribution in [0.2, 0.25) is 0 Å². The number of alkyl carbamates (subject to hydrolysis) is 1. The number of nitrogens with zero attached hydrogens (tertiary/aromatic N) is 3. The van der Waals surface area contributed by atoms with Crippen LogP contribution >= 0.6 is 0 Å². The summed E-state index contributed by atoms with van der Waals surface area (Å²) in [5.74, 6) is 0.0522. The molecule has 9 heteroatoms. The number of morpholine rings is 1. The Morgan fingerprint density at radius 3 is 2.74 bits per heavy atom. The van der Waals surface area contributed by atoms with Crippen LogP contribution in [0.4, 0.5) is 4.79 Å². The van der Waals surface area contributed by atoms with Crippen molar-refractivity contribution in [3.63, 3.8) is 0 Å². The Hall–Kier alpha value is -2.13. The Balaban J connectivity index is 1.75. The van der Waals surface area contributed by atoms with Crippen molar-refractivity contribution >= 4 is 12.0 Å². The van der Waals surface area contributed by atoms with E-state index in [4.69, 9.17) is 9.84 Å². The maximum absolute atomic E-state index is 13.3. The molecule has 174 valence electrons. The second-order valence-corrected chi connectivity index (χ2v) is 9.42. The predicted octanol–water partition coefficient (Wildman–Crippen LogP) is 1.97. The number of amides is 2. The average molecular weight is 436 g/mol. The highest BCUT2D eigenvalue weighted by Gasteiger charge is 2.41. The lowest BCUT2D eigenvalue weighted by molar-refractivity contribution is -0.148. The number of nitrogens with one attached hydrogen (secondary N) is 2. The summed E-state index contributed by atoms with van der Waals surface area (Å²) >= 11 is 0. The Bertz CT molecular complexity index is 762. The van der Waals surface area contributed by atoms with Gasteiger partial charge in [-0.15, -0.1) is 0 Å². The number of methoxy groups -OCH3 is 1. The summed E-state index contributed by atoms with van der Waals surface area (Å²) in [6.45, 7) is 11.6. The molecule has 1 aliphatic heterocycles. The van der Waals surface area contributed by atoms with Gasteiger partial charge in [0, 0.05) is 43.3 Å². The zero-order valence-corrected chi connectivity index (χ0v) is 19.4. The van der Waals surface area contributed by atoms with Gasteiger partial charge in [0.25, 0.3) is 5.91 Å². The van der Waals surface area contributed by atoms with E-state index in [2.05, 4.69) is 49.1 Å². The van der Waals surface area contributed by atoms with Gasteiger partial charge in [-0.2, -0.15) is 5.10 Å². The topological polar surface area (TPSA) is 97.7 Å². The van der Waals surface area contributed by atoms with Gasteiger partial charge in [-0.05, 0) is 32.3 Å². The Morgan fingerprint density at radius 1 is 1.42 bits per heavy atom. The number of hydrogen-bond acceptors (Lipinski definition) is 6. The fraction of sp³-hybridized carbons (Fsp3) is 0.773. The lowest BCUT2D eigenvalue weighted by Gasteiger charge is -2.33. The molecule has 2 heterocycles. The molecular weight excluding hydrogens is 398 g/mol. The Labute approximate surface area is 184 Å². The quantitative estimate of drug-likeness (QED) is 0.606. The molecule has 2 atom stereocenters. The van der Waals surface area contributed by atoms with Crippen molar-refractivity contribution in [2.75, 3.05) is 33.4 Å². The van der Waals surface area contributed by atoms with Gasteiger partial charge in [0.15, 0.2) is 0 Å². The molecule has 9 nitrogen and oxygen atoms in total. The molecule has 1 saturated heterocycles. The van der Waals surface area contributed by atoms with Gasteiger partial charge >= 0.3 is 6.09 Å². The highest BCUT2D eigenvalue weighted by molar-refractivity contribution is 5.82. The summed E-state index contributed by atoms with van der Waals surface area (Å²) in [6.07, 6.45) is 1.94. The second-order valence-electron chi connectivity index (χ2n) is 9.42. The van der Waals surface area contributed by atoms with Crippen LogP contribution in [0.5, 0.6) is 0 Å². The highest BCUT2D eigenvalue weighted by Crippen LogP contribution is 2.36. The summed E-state index contributed by atoms with van der Waals surface area (Å²) in [7, 11) is 1.36. The number of carbonyl (C=O) groups excluding carboxylic acids is 2. The third kappa shape index (κ3) is 5.98. The minimum atomic E-state index is -0.427. The summed E-state index contributed by atoms with van der Waals surface area (Å²) in [5, 5.41) is 10.9. The normalized spacial score (nSPS) is 20.2. The number of rotatable bonds is 8. The molecule has 0 unspecified atom stereocenters. The highest BCUT2D eigenvalue weighted by atomic mass is 16.5. The maximum atomic E-state index is 13.3. The molecule has 0 radical (unpaired) electrons. The van der Waals surface area contributed by atoms with Crippen LogP contribution in [0.3, 0.4) is 0 Å². The lowest BCUT2D eigenvalue weighted by atomic mass is 9.91. The van der Waals surface area contributed by atoms with Crippen LogP contribution < -0.4 is 10.6 Å². The molecule has 1 aromatic rings. The van der Waals surface area contributed by atoms with E-state index in [1.54, 1.807) is 0 Å². The number of aromatic nitrogens is 2. The molecule has 0 bridgehead atoms. The van der Waals surface area contributed by atoms with Crippen molar-refractivity contribution in [2.24, 2.45) is 0 Å². The van der Waals surface area contributed by atoms with Gasteiger partial charge in [0.2, 0.25) is 0 Å². The van der Waals surface area contributed by atoms with Crippen LogP contribution in [-0.4, -0.2) is 72.2 Å². The third-order valence-corrected chi connectivity index (χ3v) is 5.81. The monoisotopic (exact) mass is 435 g/mol. The molecule has 31 heavy (non-hydrogen) atoms. The van der Waals surface area contributed by atoms with Gasteiger partial charge in [0.1, 0.15) is 6.10 Å². The molecule has 1 saturated carbocycles. The number of carbonyl (C=O) groups is 2. The third-order valence-electron chi connectivity index (χ3n) is 5.81. The molecule has 0 aromatic carbocycles. The van der Waals surface area contributed by atoms with Crippen LogP contribution in [0, 0.1) is 0 Å². The van der Waals surface area contributed by atoms with E-state index in [9.17, 15) is 9.59 Å². The van der Waals surface area contributed by atoms with E-state index < -0.39 is 12.2 Å². The van der Waals surface area contributed by atoms with Gasteiger partial charge in [-0.25, -0.2) is 4.79 Å². The molecule has 1 aliphatic carbocycles. The smallest absolute Gasteiger partial charge is 0.406 e.